The maximum absolute atomic E-state index is 11.7. The Hall–Kier alpha value is -3.96. The molecule has 5 nitrogen and oxygen atoms in total. The second kappa shape index (κ2) is 9.89. The lowest BCUT2D eigenvalue weighted by atomic mass is 9.98. The van der Waals surface area contributed by atoms with Crippen molar-refractivity contribution >= 4 is 6.29 Å². The van der Waals surface area contributed by atoms with E-state index in [4.69, 9.17) is 14.5 Å². The number of hydrogen-bond donors (Lipinski definition) is 0. The number of nitrogens with zero attached hydrogens (tertiary/aromatic N) is 2. The summed E-state index contributed by atoms with van der Waals surface area (Å²) < 4.78 is 12.1. The van der Waals surface area contributed by atoms with Crippen molar-refractivity contribution < 1.29 is 14.3 Å². The molecule has 0 radical (unpaired) electrons. The molecule has 5 rings (SSSR count). The Morgan fingerprint density at radius 3 is 2.24 bits per heavy atom. The van der Waals surface area contributed by atoms with Gasteiger partial charge in [0.1, 0.15) is 19.5 Å². The van der Waals surface area contributed by atoms with Crippen molar-refractivity contribution in [2.45, 2.75) is 25.8 Å². The van der Waals surface area contributed by atoms with Crippen LogP contribution in [0.25, 0.3) is 11.1 Å². The third-order valence-electron chi connectivity index (χ3n) is 6.08. The van der Waals surface area contributed by atoms with Crippen LogP contribution in [-0.4, -0.2) is 23.2 Å². The number of ether oxygens (including phenoxy) is 2. The number of likely N-dealkylation sites (N-methyl/N-ethyl adjacent to an activating group) is 1. The number of carbonyl (C=O) groups excluding carboxylic acids is 1. The van der Waals surface area contributed by atoms with Gasteiger partial charge in [-0.1, -0.05) is 72.8 Å². The predicted octanol–water partition coefficient (Wildman–Crippen LogP) is 5.59. The van der Waals surface area contributed by atoms with E-state index in [1.54, 1.807) is 0 Å². The molecule has 170 valence electrons. The summed E-state index contributed by atoms with van der Waals surface area (Å²) in [5, 5.41) is 0. The Labute approximate surface area is 199 Å². The van der Waals surface area contributed by atoms with Crippen molar-refractivity contribution in [3.63, 3.8) is 0 Å². The van der Waals surface area contributed by atoms with Gasteiger partial charge in [-0.3, -0.25) is 4.90 Å². The summed E-state index contributed by atoms with van der Waals surface area (Å²) in [6.45, 7) is 1.59. The van der Waals surface area contributed by atoms with Gasteiger partial charge in [0.25, 0.3) is 0 Å². The SMILES string of the molecule is CN1Cc2ccc(-c3ccc(OCc4ccccc4)nc3OCc3ccccc3)cc2C1C=O. The van der Waals surface area contributed by atoms with Crippen molar-refractivity contribution in [2.75, 3.05) is 7.05 Å². The van der Waals surface area contributed by atoms with E-state index in [1.165, 1.54) is 5.56 Å². The highest BCUT2D eigenvalue weighted by molar-refractivity contribution is 5.73. The largest absolute Gasteiger partial charge is 0.473 e. The summed E-state index contributed by atoms with van der Waals surface area (Å²) in [4.78, 5) is 18.4. The highest BCUT2D eigenvalue weighted by Crippen LogP contribution is 2.37. The first-order valence-corrected chi connectivity index (χ1v) is 11.3. The molecule has 1 unspecified atom stereocenters. The van der Waals surface area contributed by atoms with E-state index in [9.17, 15) is 4.79 Å². The smallest absolute Gasteiger partial charge is 0.225 e. The quantitative estimate of drug-likeness (QED) is 0.328. The first-order valence-electron chi connectivity index (χ1n) is 11.3. The maximum Gasteiger partial charge on any atom is 0.225 e. The summed E-state index contributed by atoms with van der Waals surface area (Å²) >= 11 is 0. The van der Waals surface area contributed by atoms with Gasteiger partial charge in [-0.25, -0.2) is 0 Å². The Bertz CT molecular complexity index is 1280. The minimum atomic E-state index is -0.231. The molecule has 1 aliphatic heterocycles. The van der Waals surface area contributed by atoms with E-state index in [0.29, 0.717) is 25.0 Å². The van der Waals surface area contributed by atoms with E-state index < -0.39 is 0 Å². The third kappa shape index (κ3) is 4.70. The number of carbonyl (C=O) groups is 1. The van der Waals surface area contributed by atoms with Crippen LogP contribution in [0.1, 0.15) is 28.3 Å². The number of aromatic nitrogens is 1. The Kier molecular flexibility index (Phi) is 6.36. The van der Waals surface area contributed by atoms with Gasteiger partial charge in [-0.2, -0.15) is 4.98 Å². The van der Waals surface area contributed by atoms with Gasteiger partial charge in [0.05, 0.1) is 6.04 Å². The van der Waals surface area contributed by atoms with Gasteiger partial charge in [0, 0.05) is 18.2 Å². The van der Waals surface area contributed by atoms with Crippen LogP contribution >= 0.6 is 0 Å². The first-order chi connectivity index (χ1) is 16.7. The van der Waals surface area contributed by atoms with Gasteiger partial charge < -0.3 is 14.3 Å². The lowest BCUT2D eigenvalue weighted by Gasteiger charge is -2.15. The fourth-order valence-corrected chi connectivity index (χ4v) is 4.25. The second-order valence-electron chi connectivity index (χ2n) is 8.46. The molecule has 1 aromatic heterocycles. The average Bonchev–Trinajstić information content (AvgIpc) is 3.21. The monoisotopic (exact) mass is 450 g/mol. The van der Waals surface area contributed by atoms with Gasteiger partial charge in [-0.05, 0) is 47.0 Å². The average molecular weight is 451 g/mol. The molecule has 34 heavy (non-hydrogen) atoms. The zero-order chi connectivity index (χ0) is 23.3. The van der Waals surface area contributed by atoms with Crippen molar-refractivity contribution in [3.8, 4) is 22.9 Å². The Morgan fingerprint density at radius 2 is 1.56 bits per heavy atom. The van der Waals surface area contributed by atoms with Crippen LogP contribution in [0.5, 0.6) is 11.8 Å². The van der Waals surface area contributed by atoms with Gasteiger partial charge in [-0.15, -0.1) is 0 Å². The molecular weight excluding hydrogens is 424 g/mol. The Balaban J connectivity index is 1.46. The van der Waals surface area contributed by atoms with Crippen LogP contribution in [0.15, 0.2) is 91.0 Å². The molecule has 0 fully saturated rings. The van der Waals surface area contributed by atoms with E-state index in [0.717, 1.165) is 40.6 Å². The molecule has 4 aromatic rings. The van der Waals surface area contributed by atoms with Crippen LogP contribution < -0.4 is 9.47 Å². The minimum absolute atomic E-state index is 0.231. The van der Waals surface area contributed by atoms with Crippen LogP contribution in [0, 0.1) is 0 Å². The molecule has 5 heteroatoms. The predicted molar refractivity (Wildman–Crippen MR) is 131 cm³/mol. The molecule has 1 atom stereocenters. The van der Waals surface area contributed by atoms with Gasteiger partial charge in [0.15, 0.2) is 0 Å². The molecule has 0 saturated heterocycles. The van der Waals surface area contributed by atoms with E-state index in [1.807, 2.05) is 84.7 Å². The van der Waals surface area contributed by atoms with Crippen LogP contribution in [0.4, 0.5) is 0 Å². The summed E-state index contributed by atoms with van der Waals surface area (Å²) in [6, 6.07) is 29.8. The third-order valence-corrected chi connectivity index (χ3v) is 6.08. The number of fused-ring (bicyclic) bond motifs is 1. The van der Waals surface area contributed by atoms with Crippen molar-refractivity contribution in [1.82, 2.24) is 9.88 Å². The highest BCUT2D eigenvalue weighted by Gasteiger charge is 2.27. The molecule has 3 aromatic carbocycles. The first kappa shape index (κ1) is 21.9. The van der Waals surface area contributed by atoms with E-state index >= 15 is 0 Å². The summed E-state index contributed by atoms with van der Waals surface area (Å²) in [5.74, 6) is 1.01. The molecule has 0 bridgehead atoms. The van der Waals surface area contributed by atoms with Crippen molar-refractivity contribution in [1.29, 1.82) is 0 Å². The number of aldehydes is 1. The molecule has 0 spiro atoms. The molecule has 0 N–H and O–H groups in total. The fourth-order valence-electron chi connectivity index (χ4n) is 4.25. The van der Waals surface area contributed by atoms with E-state index in [2.05, 4.69) is 18.2 Å². The van der Waals surface area contributed by atoms with Gasteiger partial charge in [0.2, 0.25) is 11.8 Å². The van der Waals surface area contributed by atoms with Gasteiger partial charge >= 0.3 is 0 Å². The van der Waals surface area contributed by atoms with Crippen LogP contribution in [0.3, 0.4) is 0 Å². The standard InChI is InChI=1S/C29H26N2O3/c1-31-17-24-13-12-23(16-26(24)27(31)18-32)25-14-15-28(33-19-21-8-4-2-5-9-21)30-29(25)34-20-22-10-6-3-7-11-22/h2-16,18,27H,17,19-20H2,1H3. The molecule has 0 aliphatic carbocycles. The zero-order valence-electron chi connectivity index (χ0n) is 19.1. The highest BCUT2D eigenvalue weighted by atomic mass is 16.5. The molecule has 1 aliphatic rings. The van der Waals surface area contributed by atoms with E-state index in [-0.39, 0.29) is 6.04 Å². The number of hydrogen-bond acceptors (Lipinski definition) is 5. The second-order valence-corrected chi connectivity index (χ2v) is 8.46. The van der Waals surface area contributed by atoms with Crippen molar-refractivity contribution in [3.05, 3.63) is 113 Å². The lowest BCUT2D eigenvalue weighted by Crippen LogP contribution is -2.17. The molecule has 2 heterocycles. The number of pyridine rings is 1. The number of benzene rings is 3. The van der Waals surface area contributed by atoms with Crippen LogP contribution in [-0.2, 0) is 24.6 Å². The van der Waals surface area contributed by atoms with Crippen molar-refractivity contribution in [2.24, 2.45) is 0 Å². The zero-order valence-corrected chi connectivity index (χ0v) is 19.1. The number of rotatable bonds is 8. The summed E-state index contributed by atoms with van der Waals surface area (Å²) in [7, 11) is 1.97. The van der Waals surface area contributed by atoms with Crippen LogP contribution in [0.2, 0.25) is 0 Å². The topological polar surface area (TPSA) is 51.7 Å². The fraction of sp³-hybridized carbons (Fsp3) is 0.172. The molecular formula is C29H26N2O3. The molecule has 0 saturated carbocycles. The minimum Gasteiger partial charge on any atom is -0.473 e. The maximum atomic E-state index is 11.7. The lowest BCUT2D eigenvalue weighted by molar-refractivity contribution is -0.111. The Morgan fingerprint density at radius 1 is 0.882 bits per heavy atom. The summed E-state index contributed by atoms with van der Waals surface area (Å²) in [6.07, 6.45) is 1.00. The normalized spacial score (nSPS) is 15.0. The summed E-state index contributed by atoms with van der Waals surface area (Å²) in [5.41, 5.74) is 6.17. The molecule has 0 amide bonds.